The Kier molecular flexibility index (Phi) is 13.8. The average molecular weight is 971 g/mol. The molecule has 0 radical (unpaired) electrons. The molecule has 0 spiro atoms. The lowest BCUT2D eigenvalue weighted by atomic mass is 9.79. The highest BCUT2D eigenvalue weighted by atomic mass is 35.5. The average Bonchev–Trinajstić information content (AvgIpc) is 3.75. The third-order valence-corrected chi connectivity index (χ3v) is 15.7. The molecular formula is C45H46ClN2O12S4-3. The topological polar surface area (TPSA) is 219 Å². The van der Waals surface area contributed by atoms with Crippen molar-refractivity contribution in [1.29, 1.82) is 0 Å². The monoisotopic (exact) mass is 969 g/mol. The molecule has 64 heavy (non-hydrogen) atoms. The summed E-state index contributed by atoms with van der Waals surface area (Å²) in [5.41, 5.74) is 6.22. The SMILES string of the molecule is CC1(C)C(=CC=C2CCC(C=CC3=[N+](CCCCS(=O)(=O)[O-])c4ccc5cc(S(=O)(=O)[O-])ccc5c4C3(C)C)=C2Cl)N(CCCCS(=O)(=O)[O-])c2ccc3cc(SOO[O-])ccc3c21. The van der Waals surface area contributed by atoms with Crippen LogP contribution in [-0.4, -0.2) is 73.8 Å². The van der Waals surface area contributed by atoms with Gasteiger partial charge in [0.1, 0.15) is 16.7 Å². The predicted molar refractivity (Wildman–Crippen MR) is 242 cm³/mol. The first-order chi connectivity index (χ1) is 30.0. The minimum absolute atomic E-state index is 0.167. The van der Waals surface area contributed by atoms with Gasteiger partial charge in [0.05, 0.1) is 42.6 Å². The molecule has 0 unspecified atom stereocenters. The maximum Gasteiger partial charge on any atom is 0.210 e. The molecule has 0 saturated heterocycles. The Hall–Kier alpha value is -3.92. The Morgan fingerprint density at radius 1 is 0.766 bits per heavy atom. The Labute approximate surface area is 382 Å². The molecule has 14 nitrogen and oxygen atoms in total. The molecule has 4 aromatic rings. The van der Waals surface area contributed by atoms with E-state index in [0.29, 0.717) is 54.1 Å². The van der Waals surface area contributed by atoms with Crippen LogP contribution in [0.3, 0.4) is 0 Å². The number of benzene rings is 4. The molecule has 1 aliphatic carbocycles. The zero-order valence-corrected chi connectivity index (χ0v) is 39.5. The number of halogens is 1. The van der Waals surface area contributed by atoms with Gasteiger partial charge in [0, 0.05) is 68.9 Å². The molecule has 2 aliphatic heterocycles. The minimum atomic E-state index is -4.69. The van der Waals surface area contributed by atoms with E-state index in [-0.39, 0.29) is 17.7 Å². The molecule has 0 atom stereocenters. The van der Waals surface area contributed by atoms with Crippen molar-refractivity contribution in [2.45, 2.75) is 86.8 Å². The first-order valence-electron chi connectivity index (χ1n) is 20.5. The van der Waals surface area contributed by atoms with Crippen LogP contribution >= 0.6 is 23.6 Å². The fourth-order valence-electron chi connectivity index (χ4n) is 9.35. The van der Waals surface area contributed by atoms with E-state index in [1.165, 1.54) is 12.1 Å². The number of unbranched alkanes of at least 4 members (excludes halogenated alkanes) is 2. The number of allylic oxidation sites excluding steroid dienone is 8. The van der Waals surface area contributed by atoms with Crippen molar-refractivity contribution in [3.05, 3.63) is 118 Å². The second-order valence-electron chi connectivity index (χ2n) is 17.2. The molecule has 342 valence electrons. The number of hydrogen-bond acceptors (Lipinski definition) is 14. The smallest absolute Gasteiger partial charge is 0.210 e. The van der Waals surface area contributed by atoms with Gasteiger partial charge in [-0.1, -0.05) is 55.8 Å². The van der Waals surface area contributed by atoms with E-state index in [2.05, 4.69) is 32.7 Å². The summed E-state index contributed by atoms with van der Waals surface area (Å²) in [7, 11) is -13.5. The van der Waals surface area contributed by atoms with Crippen LogP contribution in [0, 0.1) is 0 Å². The molecule has 0 fully saturated rings. The first-order valence-corrected chi connectivity index (χ1v) is 26.2. The van der Waals surface area contributed by atoms with Gasteiger partial charge in [0.15, 0.2) is 5.71 Å². The standard InChI is InChI=1S/C45H49ClN2O12S4/c1-44(2)39(47(23-5-7-25-62(50,51)52)37-19-11-31-27-33(61-60-59-49)15-17-35(31)41(37)44)21-13-29-9-10-30(43(29)46)14-22-40-45(3,4)42-36-18-16-34(64(56,57)58)28-32(36)12-20-38(42)48(40)24-6-8-26-63(53,54)55/h11-22,27-28H,5-10,23-26H2,1-4H3,(H3-,49,50,51,52,53,54,55,56,57,58)/p-3. The number of hydrogen-bond donors (Lipinski definition) is 0. The number of rotatable bonds is 17. The third-order valence-electron chi connectivity index (χ3n) is 12.2. The van der Waals surface area contributed by atoms with Gasteiger partial charge in [-0.25, -0.2) is 25.3 Å². The van der Waals surface area contributed by atoms with Gasteiger partial charge in [-0.15, -0.1) is 0 Å². The van der Waals surface area contributed by atoms with Crippen molar-refractivity contribution < 1.29 is 58.1 Å². The zero-order valence-electron chi connectivity index (χ0n) is 35.5. The lowest BCUT2D eigenvalue weighted by Gasteiger charge is -2.27. The molecule has 7 rings (SSSR count). The summed E-state index contributed by atoms with van der Waals surface area (Å²) in [5.74, 6) is -0.942. The van der Waals surface area contributed by atoms with Crippen LogP contribution in [0.25, 0.3) is 21.5 Å². The van der Waals surface area contributed by atoms with Crippen molar-refractivity contribution in [3.63, 3.8) is 0 Å². The highest BCUT2D eigenvalue weighted by Gasteiger charge is 2.46. The fourth-order valence-corrected chi connectivity index (χ4v) is 11.7. The van der Waals surface area contributed by atoms with Crippen LogP contribution in [0.5, 0.6) is 0 Å². The minimum Gasteiger partial charge on any atom is -0.748 e. The van der Waals surface area contributed by atoms with E-state index in [0.717, 1.165) is 73.3 Å². The van der Waals surface area contributed by atoms with E-state index in [1.54, 1.807) is 12.1 Å². The maximum atomic E-state index is 11.9. The summed E-state index contributed by atoms with van der Waals surface area (Å²) >= 11 is 7.97. The second-order valence-corrected chi connectivity index (χ2v) is 22.7. The Balaban J connectivity index is 1.23. The molecule has 3 aliphatic rings. The van der Waals surface area contributed by atoms with E-state index in [9.17, 15) is 44.2 Å². The molecule has 0 amide bonds. The van der Waals surface area contributed by atoms with Crippen molar-refractivity contribution in [3.8, 4) is 0 Å². The summed E-state index contributed by atoms with van der Waals surface area (Å²) in [6, 6.07) is 17.6. The molecule has 19 heteroatoms. The molecule has 2 heterocycles. The quantitative estimate of drug-likeness (QED) is 0.0248. The number of nitrogens with zero attached hydrogens (tertiary/aromatic N) is 2. The van der Waals surface area contributed by atoms with Gasteiger partial charge in [-0.3, -0.25) is 5.04 Å². The first kappa shape index (κ1) is 48.0. The normalized spacial score (nSPS) is 18.8. The van der Waals surface area contributed by atoms with Crippen molar-refractivity contribution in [1.82, 2.24) is 0 Å². The van der Waals surface area contributed by atoms with Crippen LogP contribution in [0.2, 0.25) is 0 Å². The van der Waals surface area contributed by atoms with Crippen molar-refractivity contribution in [2.75, 3.05) is 29.5 Å². The Morgan fingerprint density at radius 3 is 2.11 bits per heavy atom. The summed E-state index contributed by atoms with van der Waals surface area (Å²) < 4.78 is 111. The maximum absolute atomic E-state index is 11.9. The Morgan fingerprint density at radius 2 is 1.42 bits per heavy atom. The van der Waals surface area contributed by atoms with Crippen molar-refractivity contribution >= 4 is 92.6 Å². The molecule has 4 aromatic carbocycles. The third kappa shape index (κ3) is 10.1. The van der Waals surface area contributed by atoms with Crippen molar-refractivity contribution in [2.24, 2.45) is 0 Å². The van der Waals surface area contributed by atoms with Crippen LogP contribution in [-0.2, 0) is 50.6 Å². The van der Waals surface area contributed by atoms with Gasteiger partial charge in [0.25, 0.3) is 0 Å². The summed E-state index contributed by atoms with van der Waals surface area (Å²) in [6.07, 6.45) is 10.6. The van der Waals surface area contributed by atoms with Crippen LogP contribution < -0.4 is 10.2 Å². The van der Waals surface area contributed by atoms with E-state index >= 15 is 0 Å². The largest absolute Gasteiger partial charge is 0.748 e. The van der Waals surface area contributed by atoms with E-state index in [4.69, 9.17) is 11.6 Å². The van der Waals surface area contributed by atoms with Gasteiger partial charge in [-0.05, 0) is 127 Å². The Bertz CT molecular complexity index is 3050. The molecular weight excluding hydrogens is 924 g/mol. The van der Waals surface area contributed by atoms with Crippen LogP contribution in [0.15, 0.2) is 117 Å². The predicted octanol–water partition coefficient (Wildman–Crippen LogP) is 7.61. The fraction of sp³-hybridized carbons (Fsp3) is 0.356. The van der Waals surface area contributed by atoms with Gasteiger partial charge >= 0.3 is 0 Å². The summed E-state index contributed by atoms with van der Waals surface area (Å²) in [4.78, 5) is 2.50. The molecule has 0 bridgehead atoms. The molecule has 0 N–H and O–H groups in total. The van der Waals surface area contributed by atoms with Crippen LogP contribution in [0.1, 0.15) is 77.3 Å². The highest BCUT2D eigenvalue weighted by molar-refractivity contribution is 7.94. The second kappa shape index (κ2) is 18.4. The zero-order chi connectivity index (χ0) is 46.4. The molecule has 0 aromatic heterocycles. The number of fused-ring (bicyclic) bond motifs is 6. The van der Waals surface area contributed by atoms with E-state index in [1.807, 2.05) is 74.5 Å². The number of anilines is 1. The van der Waals surface area contributed by atoms with Crippen LogP contribution in [0.4, 0.5) is 11.4 Å². The lowest BCUT2D eigenvalue weighted by molar-refractivity contribution is -0.777. The molecule has 0 saturated carbocycles. The lowest BCUT2D eigenvalue weighted by Crippen LogP contribution is -2.28. The van der Waals surface area contributed by atoms with Gasteiger partial charge < -0.3 is 23.8 Å². The van der Waals surface area contributed by atoms with Gasteiger partial charge in [0.2, 0.25) is 5.69 Å². The van der Waals surface area contributed by atoms with E-state index < -0.39 is 52.7 Å². The summed E-state index contributed by atoms with van der Waals surface area (Å²) in [6.45, 7) is 9.18. The summed E-state index contributed by atoms with van der Waals surface area (Å²) in [5, 5.41) is 17.8. The highest BCUT2D eigenvalue weighted by Crippen LogP contribution is 2.52. The van der Waals surface area contributed by atoms with Gasteiger partial charge in [-0.2, -0.15) is 8.91 Å².